The molecule has 9 nitrogen and oxygen atoms in total. The molecular weight excluding hydrogens is 505 g/mol. The maximum absolute atomic E-state index is 11.4. The highest BCUT2D eigenvalue weighted by molar-refractivity contribution is 9.00. The average molecular weight is 536 g/mol. The maximum Gasteiger partial charge on any atom is 0.192 e. The molecule has 1 unspecified atom stereocenters. The average Bonchev–Trinajstić information content (AvgIpc) is 3.39. The third-order valence-electron chi connectivity index (χ3n) is 6.19. The summed E-state index contributed by atoms with van der Waals surface area (Å²) in [6.07, 6.45) is 0.247. The number of aliphatic hydroxyl groups excluding tert-OH is 1. The molecule has 2 aliphatic heterocycles. The molecule has 32 heavy (non-hydrogen) atoms. The Bertz CT molecular complexity index is 1030. The molecule has 0 spiro atoms. The maximum atomic E-state index is 11.4. The minimum absolute atomic E-state index is 0.0248. The van der Waals surface area contributed by atoms with E-state index in [2.05, 4.69) is 48.8 Å². The van der Waals surface area contributed by atoms with Crippen molar-refractivity contribution in [1.82, 2.24) is 19.5 Å². The first-order chi connectivity index (χ1) is 14.9. The van der Waals surface area contributed by atoms with Crippen molar-refractivity contribution in [3.05, 3.63) is 12.7 Å². The van der Waals surface area contributed by atoms with Crippen LogP contribution in [0.15, 0.2) is 12.7 Å². The van der Waals surface area contributed by atoms with Crippen molar-refractivity contribution < 1.29 is 18.8 Å². The summed E-state index contributed by atoms with van der Waals surface area (Å²) in [6, 6.07) is 0. The van der Waals surface area contributed by atoms with Crippen LogP contribution in [0.25, 0.3) is 11.2 Å². The number of aliphatic hydroxyl groups is 1. The zero-order chi connectivity index (χ0) is 23.3. The lowest BCUT2D eigenvalue weighted by atomic mass is 10.1. The van der Waals surface area contributed by atoms with E-state index >= 15 is 0 Å². The van der Waals surface area contributed by atoms with Crippen molar-refractivity contribution in [3.63, 3.8) is 0 Å². The third kappa shape index (κ3) is 4.78. The predicted octanol–water partition coefficient (Wildman–Crippen LogP) is 3.78. The predicted molar refractivity (Wildman–Crippen MR) is 137 cm³/mol. The molecule has 3 N–H and O–H groups in total. The molecule has 2 aliphatic rings. The van der Waals surface area contributed by atoms with Crippen LogP contribution in [-0.4, -0.2) is 69.4 Å². The first-order valence-electron chi connectivity index (χ1n) is 10.4. The van der Waals surface area contributed by atoms with Gasteiger partial charge in [0.25, 0.3) is 0 Å². The van der Waals surface area contributed by atoms with E-state index in [0.717, 1.165) is 11.5 Å². The van der Waals surface area contributed by atoms with E-state index in [0.29, 0.717) is 11.2 Å². The molecule has 4 atom stereocenters. The van der Waals surface area contributed by atoms with E-state index in [9.17, 15) is 5.11 Å². The third-order valence-corrected chi connectivity index (χ3v) is 20.5. The molecule has 2 fully saturated rings. The Morgan fingerprint density at radius 2 is 2.00 bits per heavy atom. The van der Waals surface area contributed by atoms with Crippen molar-refractivity contribution in [2.75, 3.05) is 23.8 Å². The zero-order valence-corrected chi connectivity index (χ0v) is 23.1. The second-order valence-corrected chi connectivity index (χ2v) is 24.9. The van der Waals surface area contributed by atoms with E-state index < -0.39 is 37.5 Å². The fourth-order valence-electron chi connectivity index (χ4n) is 3.38. The van der Waals surface area contributed by atoms with Gasteiger partial charge in [-0.25, -0.2) is 15.0 Å². The van der Waals surface area contributed by atoms with Crippen LogP contribution in [-0.2, 0) is 25.5 Å². The first kappa shape index (κ1) is 24.9. The van der Waals surface area contributed by atoms with Crippen LogP contribution < -0.4 is 5.73 Å². The van der Waals surface area contributed by atoms with E-state index in [1.807, 2.05) is 0 Å². The number of fused-ring (bicyclic) bond motifs is 1. The van der Waals surface area contributed by atoms with Crippen molar-refractivity contribution in [1.29, 1.82) is 0 Å². The van der Waals surface area contributed by atoms with Crippen LogP contribution in [0.2, 0.25) is 18.1 Å². The molecule has 178 valence electrons. The summed E-state index contributed by atoms with van der Waals surface area (Å²) in [6.45, 7) is 11.1. The molecule has 2 aromatic rings. The molecule has 0 saturated carbocycles. The number of nitrogens with zero attached hydrogens (tertiary/aromatic N) is 4. The highest BCUT2D eigenvalue weighted by Crippen LogP contribution is 2.74. The highest BCUT2D eigenvalue weighted by atomic mass is 33.2. The van der Waals surface area contributed by atoms with Crippen LogP contribution in [0.3, 0.4) is 0 Å². The molecule has 4 heterocycles. The molecule has 0 amide bonds. The van der Waals surface area contributed by atoms with Gasteiger partial charge in [0.15, 0.2) is 30.7 Å². The number of hydrogen-bond donors (Lipinski definition) is 2. The summed E-state index contributed by atoms with van der Waals surface area (Å²) in [7, 11) is -2.20. The fraction of sp³-hybridized carbons (Fsp3) is 0.722. The Balaban J connectivity index is 1.63. The summed E-state index contributed by atoms with van der Waals surface area (Å²) in [5.74, 6) is 2.29. The van der Waals surface area contributed by atoms with Gasteiger partial charge in [0.1, 0.15) is 30.2 Å². The molecule has 4 rings (SSSR count). The topological polar surface area (TPSA) is 118 Å². The van der Waals surface area contributed by atoms with E-state index in [1.54, 1.807) is 33.7 Å². The molecule has 0 aromatic carbocycles. The normalized spacial score (nSPS) is 28.6. The molecule has 14 heteroatoms. The lowest BCUT2D eigenvalue weighted by Crippen LogP contribution is -2.49. The van der Waals surface area contributed by atoms with Gasteiger partial charge in [-0.15, -0.1) is 0 Å². The van der Waals surface area contributed by atoms with Crippen molar-refractivity contribution in [2.24, 2.45) is 0 Å². The molecule has 2 aromatic heterocycles. The summed E-state index contributed by atoms with van der Waals surface area (Å²) in [4.78, 5) is 12.6. The first-order valence-corrected chi connectivity index (χ1v) is 19.2. The summed E-state index contributed by atoms with van der Waals surface area (Å²) < 4.78 is 18.9. The Kier molecular flexibility index (Phi) is 7.06. The largest absolute Gasteiger partial charge is 0.408 e. The molecular formula is C18H30N5O4PS3Si. The van der Waals surface area contributed by atoms with E-state index in [-0.39, 0.29) is 17.5 Å². The Morgan fingerprint density at radius 1 is 1.31 bits per heavy atom. The van der Waals surface area contributed by atoms with Gasteiger partial charge >= 0.3 is 0 Å². The monoisotopic (exact) mass is 535 g/mol. The number of imidazole rings is 1. The SMILES string of the molecule is CC(C)(C)[Si](C)(C)OC1[C@@H](O)[C@H](n2cnc3c(N)ncnc32)O[C@@H]1COP1(=S)SCCS1. The number of nitrogens with two attached hydrogens (primary N) is 1. The number of anilines is 1. The fourth-order valence-corrected chi connectivity index (χ4v) is 13.6. The van der Waals surface area contributed by atoms with Crippen LogP contribution in [0.4, 0.5) is 5.82 Å². The quantitative estimate of drug-likeness (QED) is 0.416. The van der Waals surface area contributed by atoms with Crippen LogP contribution in [0.1, 0.15) is 27.0 Å². The molecule has 0 radical (unpaired) electrons. The van der Waals surface area contributed by atoms with Crippen molar-refractivity contribution in [3.8, 4) is 0 Å². The van der Waals surface area contributed by atoms with Gasteiger partial charge < -0.3 is 24.5 Å². The number of rotatable bonds is 6. The van der Waals surface area contributed by atoms with Gasteiger partial charge in [0.2, 0.25) is 0 Å². The molecule has 0 aliphatic carbocycles. The van der Waals surface area contributed by atoms with Crippen LogP contribution in [0.5, 0.6) is 0 Å². The number of hydrogen-bond acceptors (Lipinski definition) is 11. The van der Waals surface area contributed by atoms with Crippen molar-refractivity contribution >= 4 is 64.5 Å². The van der Waals surface area contributed by atoms with Crippen LogP contribution >= 0.6 is 27.4 Å². The van der Waals surface area contributed by atoms with Crippen molar-refractivity contribution in [2.45, 2.75) is 63.4 Å². The highest BCUT2D eigenvalue weighted by Gasteiger charge is 2.51. The lowest BCUT2D eigenvalue weighted by Gasteiger charge is -2.40. The van der Waals surface area contributed by atoms with E-state index in [1.165, 1.54) is 6.33 Å². The number of aromatic nitrogens is 4. The smallest absolute Gasteiger partial charge is 0.192 e. The summed E-state index contributed by atoms with van der Waals surface area (Å²) in [5, 5.41) is 11.3. The van der Waals surface area contributed by atoms with Gasteiger partial charge in [-0.3, -0.25) is 4.57 Å². The number of nitrogen functional groups attached to an aromatic ring is 1. The van der Waals surface area contributed by atoms with Gasteiger partial charge in [-0.05, 0) is 29.9 Å². The Morgan fingerprint density at radius 3 is 2.66 bits per heavy atom. The Labute approximate surface area is 202 Å². The minimum atomic E-state index is -2.20. The van der Waals surface area contributed by atoms with Gasteiger partial charge in [-0.1, -0.05) is 43.5 Å². The second kappa shape index (κ2) is 9.08. The Hall–Kier alpha value is -0.243. The summed E-state index contributed by atoms with van der Waals surface area (Å²) >= 11 is 9.18. The molecule has 0 bridgehead atoms. The number of ether oxygens (including phenoxy) is 1. The molecule has 2 saturated heterocycles. The summed E-state index contributed by atoms with van der Waals surface area (Å²) in [5.41, 5.74) is 6.91. The van der Waals surface area contributed by atoms with Gasteiger partial charge in [0, 0.05) is 11.5 Å². The van der Waals surface area contributed by atoms with Crippen LogP contribution in [0, 0.1) is 0 Å². The standard InChI is InChI=1S/C18H30N5O4PS3Si/c1-18(2,3)32(4,5)27-14-11(8-25-28(29)30-6-7-31-28)26-17(13(14)24)23-10-22-12-15(19)20-9-21-16(12)23/h9-11,13-14,17,24H,6-8H2,1-5H3,(H2,19,20,21)/t11-,13-,14?,17-/m1/s1. The van der Waals surface area contributed by atoms with Gasteiger partial charge in [0.05, 0.1) is 12.9 Å². The van der Waals surface area contributed by atoms with E-state index in [4.69, 9.17) is 31.2 Å². The zero-order valence-electron chi connectivity index (χ0n) is 18.8. The lowest BCUT2D eigenvalue weighted by molar-refractivity contribution is -0.0456. The van der Waals surface area contributed by atoms with Gasteiger partial charge in [-0.2, -0.15) is 0 Å². The minimum Gasteiger partial charge on any atom is -0.408 e. The second-order valence-electron chi connectivity index (χ2n) is 9.39.